The number of furan rings is 1. The minimum absolute atomic E-state index is 0. The maximum absolute atomic E-state index is 11.4. The molecule has 0 saturated heterocycles. The molecule has 0 bridgehead atoms. The third kappa shape index (κ3) is 3.69. The predicted molar refractivity (Wildman–Crippen MR) is 59.6 cm³/mol. The summed E-state index contributed by atoms with van der Waals surface area (Å²) in [6.45, 7) is 2.26. The molecule has 0 aliphatic heterocycles. The van der Waals surface area contributed by atoms with Crippen LogP contribution >= 0.6 is 28.3 Å². The van der Waals surface area contributed by atoms with Crippen LogP contribution in [0.3, 0.4) is 0 Å². The van der Waals surface area contributed by atoms with Crippen LogP contribution in [0.1, 0.15) is 17.3 Å². The van der Waals surface area contributed by atoms with Gasteiger partial charge in [0.05, 0.1) is 5.56 Å². The van der Waals surface area contributed by atoms with E-state index in [0.29, 0.717) is 16.8 Å². The van der Waals surface area contributed by atoms with Gasteiger partial charge in [0.2, 0.25) is 0 Å². The molecule has 0 spiro atoms. The van der Waals surface area contributed by atoms with Crippen LogP contribution in [0.15, 0.2) is 21.4 Å². The van der Waals surface area contributed by atoms with Gasteiger partial charge in [0.25, 0.3) is 5.91 Å². The Morgan fingerprint density at radius 2 is 2.43 bits per heavy atom. The van der Waals surface area contributed by atoms with E-state index in [9.17, 15) is 4.79 Å². The number of carbonyl (C=O) groups excluding carboxylic acids is 1. The van der Waals surface area contributed by atoms with Crippen molar-refractivity contribution in [1.29, 1.82) is 0 Å². The zero-order valence-electron chi connectivity index (χ0n) is 7.62. The van der Waals surface area contributed by atoms with Crippen molar-refractivity contribution >= 4 is 34.2 Å². The van der Waals surface area contributed by atoms with Gasteiger partial charge < -0.3 is 15.5 Å². The molecule has 6 heteroatoms. The zero-order chi connectivity index (χ0) is 9.84. The van der Waals surface area contributed by atoms with E-state index in [1.807, 2.05) is 6.92 Å². The molecule has 4 nitrogen and oxygen atoms in total. The smallest absolute Gasteiger partial charge is 0.254 e. The molecule has 0 unspecified atom stereocenters. The van der Waals surface area contributed by atoms with E-state index in [1.165, 1.54) is 6.26 Å². The van der Waals surface area contributed by atoms with Crippen LogP contribution in [0.25, 0.3) is 0 Å². The Balaban J connectivity index is 0.00000169. The highest BCUT2D eigenvalue weighted by atomic mass is 79.9. The van der Waals surface area contributed by atoms with Gasteiger partial charge >= 0.3 is 0 Å². The molecular formula is C8H12BrClN2O2. The SMILES string of the molecule is C[C@@H](CN)NC(=O)c1coc(Br)c1.Cl. The molecule has 1 aromatic rings. The first-order chi connectivity index (χ1) is 6.13. The summed E-state index contributed by atoms with van der Waals surface area (Å²) in [4.78, 5) is 11.4. The van der Waals surface area contributed by atoms with Gasteiger partial charge in [-0.2, -0.15) is 0 Å². The third-order valence-electron chi connectivity index (χ3n) is 1.56. The number of halogens is 2. The summed E-state index contributed by atoms with van der Waals surface area (Å²) in [7, 11) is 0. The van der Waals surface area contributed by atoms with Crippen molar-refractivity contribution in [2.24, 2.45) is 5.73 Å². The van der Waals surface area contributed by atoms with Crippen molar-refractivity contribution in [3.8, 4) is 0 Å². The lowest BCUT2D eigenvalue weighted by Gasteiger charge is -2.09. The topological polar surface area (TPSA) is 68.3 Å². The molecule has 0 radical (unpaired) electrons. The molecule has 14 heavy (non-hydrogen) atoms. The fourth-order valence-electron chi connectivity index (χ4n) is 0.795. The highest BCUT2D eigenvalue weighted by molar-refractivity contribution is 9.10. The lowest BCUT2D eigenvalue weighted by atomic mass is 10.3. The van der Waals surface area contributed by atoms with Gasteiger partial charge in [0.15, 0.2) is 4.67 Å². The largest absolute Gasteiger partial charge is 0.457 e. The van der Waals surface area contributed by atoms with Crippen LogP contribution in [-0.4, -0.2) is 18.5 Å². The van der Waals surface area contributed by atoms with E-state index in [1.54, 1.807) is 6.07 Å². The third-order valence-corrected chi connectivity index (χ3v) is 1.98. The Morgan fingerprint density at radius 3 is 2.86 bits per heavy atom. The van der Waals surface area contributed by atoms with Crippen molar-refractivity contribution in [3.63, 3.8) is 0 Å². The number of nitrogens with two attached hydrogens (primary N) is 1. The van der Waals surface area contributed by atoms with Crippen LogP contribution in [0.2, 0.25) is 0 Å². The van der Waals surface area contributed by atoms with E-state index < -0.39 is 0 Å². The summed E-state index contributed by atoms with van der Waals surface area (Å²) in [5, 5.41) is 2.71. The van der Waals surface area contributed by atoms with E-state index in [2.05, 4.69) is 21.2 Å². The first kappa shape index (κ1) is 13.5. The molecule has 0 aliphatic carbocycles. The van der Waals surface area contributed by atoms with Crippen molar-refractivity contribution in [1.82, 2.24) is 5.32 Å². The van der Waals surface area contributed by atoms with Crippen molar-refractivity contribution in [2.75, 3.05) is 6.54 Å². The quantitative estimate of drug-likeness (QED) is 0.884. The van der Waals surface area contributed by atoms with Gasteiger partial charge in [-0.3, -0.25) is 4.79 Å². The highest BCUT2D eigenvalue weighted by Crippen LogP contribution is 2.13. The molecule has 80 valence electrons. The molecule has 1 aromatic heterocycles. The molecule has 1 heterocycles. The Labute approximate surface area is 96.8 Å². The van der Waals surface area contributed by atoms with Crippen molar-refractivity contribution in [2.45, 2.75) is 13.0 Å². The summed E-state index contributed by atoms with van der Waals surface area (Å²) in [5.41, 5.74) is 5.85. The van der Waals surface area contributed by atoms with Gasteiger partial charge in [0.1, 0.15) is 6.26 Å². The number of hydrogen-bond donors (Lipinski definition) is 2. The molecule has 1 rings (SSSR count). The standard InChI is InChI=1S/C8H11BrN2O2.ClH/c1-5(3-10)11-8(12)6-2-7(9)13-4-6;/h2,4-5H,3,10H2,1H3,(H,11,12);1H/t5-;/m0./s1. The second-order valence-corrected chi connectivity index (χ2v) is 3.53. The molecule has 0 saturated carbocycles. The average molecular weight is 284 g/mol. The van der Waals surface area contributed by atoms with Crippen LogP contribution in [0, 0.1) is 0 Å². The Hall–Kier alpha value is -0.520. The first-order valence-electron chi connectivity index (χ1n) is 3.88. The number of carbonyl (C=O) groups is 1. The lowest BCUT2D eigenvalue weighted by molar-refractivity contribution is 0.0940. The molecule has 1 atom stereocenters. The van der Waals surface area contributed by atoms with Crippen molar-refractivity contribution < 1.29 is 9.21 Å². The Bertz CT molecular complexity index is 303. The molecule has 0 fully saturated rings. The predicted octanol–water partition coefficient (Wildman–Crippen LogP) is 1.54. The summed E-state index contributed by atoms with van der Waals surface area (Å²) >= 11 is 3.11. The van der Waals surface area contributed by atoms with E-state index in [4.69, 9.17) is 10.2 Å². The maximum atomic E-state index is 11.4. The number of nitrogens with one attached hydrogen (secondary N) is 1. The Morgan fingerprint density at radius 1 is 1.79 bits per heavy atom. The minimum atomic E-state index is -0.174. The lowest BCUT2D eigenvalue weighted by Crippen LogP contribution is -2.37. The average Bonchev–Trinajstić information content (AvgIpc) is 2.51. The van der Waals surface area contributed by atoms with Gasteiger partial charge in [-0.25, -0.2) is 0 Å². The van der Waals surface area contributed by atoms with Crippen LogP contribution in [-0.2, 0) is 0 Å². The van der Waals surface area contributed by atoms with Gasteiger partial charge in [-0.1, -0.05) is 0 Å². The monoisotopic (exact) mass is 282 g/mol. The molecule has 1 amide bonds. The maximum Gasteiger partial charge on any atom is 0.254 e. The highest BCUT2D eigenvalue weighted by Gasteiger charge is 2.10. The van der Waals surface area contributed by atoms with Gasteiger partial charge in [-0.05, 0) is 22.9 Å². The normalized spacial score (nSPS) is 11.6. The van der Waals surface area contributed by atoms with Crippen LogP contribution in [0.5, 0.6) is 0 Å². The first-order valence-corrected chi connectivity index (χ1v) is 4.67. The number of rotatable bonds is 3. The van der Waals surface area contributed by atoms with Crippen LogP contribution in [0.4, 0.5) is 0 Å². The summed E-state index contributed by atoms with van der Waals surface area (Å²) in [6.07, 6.45) is 1.39. The Kier molecular flexibility index (Phi) is 5.83. The van der Waals surface area contributed by atoms with Gasteiger partial charge in [-0.15, -0.1) is 12.4 Å². The zero-order valence-corrected chi connectivity index (χ0v) is 10.0. The fraction of sp³-hybridized carbons (Fsp3) is 0.375. The fourth-order valence-corrected chi connectivity index (χ4v) is 1.14. The number of hydrogen-bond acceptors (Lipinski definition) is 3. The summed E-state index contributed by atoms with van der Waals surface area (Å²) in [6, 6.07) is 1.58. The molecule has 3 N–H and O–H groups in total. The van der Waals surface area contributed by atoms with E-state index in [-0.39, 0.29) is 24.4 Å². The van der Waals surface area contributed by atoms with E-state index >= 15 is 0 Å². The molecule has 0 aromatic carbocycles. The summed E-state index contributed by atoms with van der Waals surface area (Å²) in [5.74, 6) is -0.174. The van der Waals surface area contributed by atoms with Crippen LogP contribution < -0.4 is 11.1 Å². The van der Waals surface area contributed by atoms with E-state index in [0.717, 1.165) is 0 Å². The second kappa shape index (κ2) is 6.06. The summed E-state index contributed by atoms with van der Waals surface area (Å²) < 4.78 is 5.47. The van der Waals surface area contributed by atoms with Gasteiger partial charge in [0, 0.05) is 18.7 Å². The number of amides is 1. The second-order valence-electron chi connectivity index (χ2n) is 2.75. The molecular weight excluding hydrogens is 271 g/mol. The minimum Gasteiger partial charge on any atom is -0.457 e. The van der Waals surface area contributed by atoms with Crippen molar-refractivity contribution in [3.05, 3.63) is 22.6 Å². The molecule has 0 aliphatic rings.